The van der Waals surface area contributed by atoms with Crippen LogP contribution in [-0.2, 0) is 6.42 Å². The zero-order valence-electron chi connectivity index (χ0n) is 11.0. The van der Waals surface area contributed by atoms with Crippen molar-refractivity contribution in [2.75, 3.05) is 13.6 Å². The lowest BCUT2D eigenvalue weighted by molar-refractivity contribution is 0.264. The second-order valence-corrected chi connectivity index (χ2v) is 5.11. The molecule has 3 rings (SSSR count). The van der Waals surface area contributed by atoms with Crippen molar-refractivity contribution in [1.82, 2.24) is 9.88 Å². The Labute approximate surface area is 112 Å². The summed E-state index contributed by atoms with van der Waals surface area (Å²) in [4.78, 5) is 6.63. The van der Waals surface area contributed by atoms with E-state index in [1.54, 1.807) is 12.3 Å². The van der Waals surface area contributed by atoms with Crippen LogP contribution < -0.4 is 0 Å². The fourth-order valence-corrected chi connectivity index (χ4v) is 2.63. The Kier molecular flexibility index (Phi) is 3.34. The zero-order chi connectivity index (χ0) is 13.2. The lowest BCUT2D eigenvalue weighted by Crippen LogP contribution is -2.17. The first-order chi connectivity index (χ1) is 9.22. The molecule has 0 bridgehead atoms. The van der Waals surface area contributed by atoms with Crippen LogP contribution in [-0.4, -0.2) is 23.5 Å². The van der Waals surface area contributed by atoms with Crippen LogP contribution in [0.25, 0.3) is 0 Å². The molecule has 2 aromatic rings. The second kappa shape index (κ2) is 5.13. The summed E-state index contributed by atoms with van der Waals surface area (Å²) in [6.07, 6.45) is 4.62. The van der Waals surface area contributed by atoms with E-state index in [-0.39, 0.29) is 5.82 Å². The summed E-state index contributed by atoms with van der Waals surface area (Å²) in [6, 6.07) is 6.88. The number of benzene rings is 1. The lowest BCUT2D eigenvalue weighted by atomic mass is 10.1. The molecule has 19 heavy (non-hydrogen) atoms. The quantitative estimate of drug-likeness (QED) is 0.849. The molecule has 1 aliphatic rings. The van der Waals surface area contributed by atoms with Gasteiger partial charge in [0.15, 0.2) is 0 Å². The van der Waals surface area contributed by atoms with Gasteiger partial charge in [-0.3, -0.25) is 4.90 Å². The molecule has 0 saturated carbocycles. The van der Waals surface area contributed by atoms with E-state index in [9.17, 15) is 4.39 Å². The largest absolute Gasteiger partial charge is 0.444 e. The average Bonchev–Trinajstić information content (AvgIpc) is 2.98. The molecule has 0 radical (unpaired) electrons. The minimum atomic E-state index is -0.215. The molecule has 1 fully saturated rings. The van der Waals surface area contributed by atoms with Gasteiger partial charge in [0.05, 0.1) is 12.2 Å². The van der Waals surface area contributed by atoms with E-state index >= 15 is 0 Å². The number of rotatable bonds is 3. The van der Waals surface area contributed by atoms with Gasteiger partial charge in [-0.1, -0.05) is 12.1 Å². The maximum absolute atomic E-state index is 13.1. The number of hydrogen-bond donors (Lipinski definition) is 0. The van der Waals surface area contributed by atoms with Crippen molar-refractivity contribution in [3.63, 3.8) is 0 Å². The van der Waals surface area contributed by atoms with Crippen molar-refractivity contribution in [2.45, 2.75) is 25.3 Å². The Hall–Kier alpha value is -1.68. The van der Waals surface area contributed by atoms with Crippen molar-refractivity contribution in [2.24, 2.45) is 0 Å². The standard InChI is InChI=1S/C15H17FN2O/c1-18-7-3-6-14(18)15-17-10-13(19-15)9-11-4-2-5-12(16)8-11/h2,4-5,8,10,14H,3,6-7,9H2,1H3/t14-/m0/s1. The number of likely N-dealkylation sites (tertiary alicyclic amines) is 1. The summed E-state index contributed by atoms with van der Waals surface area (Å²) >= 11 is 0. The predicted octanol–water partition coefficient (Wildman–Crippen LogP) is 3.17. The number of oxazole rings is 1. The zero-order valence-corrected chi connectivity index (χ0v) is 11.0. The number of hydrogen-bond acceptors (Lipinski definition) is 3. The number of aromatic nitrogens is 1. The first kappa shape index (κ1) is 12.4. The summed E-state index contributed by atoms with van der Waals surface area (Å²) in [5, 5.41) is 0. The highest BCUT2D eigenvalue weighted by Gasteiger charge is 2.26. The van der Waals surface area contributed by atoms with Gasteiger partial charge in [-0.05, 0) is 44.1 Å². The molecule has 4 heteroatoms. The van der Waals surface area contributed by atoms with E-state index in [4.69, 9.17) is 4.42 Å². The molecular weight excluding hydrogens is 243 g/mol. The van der Waals surface area contributed by atoms with Crippen molar-refractivity contribution >= 4 is 0 Å². The van der Waals surface area contributed by atoms with Crippen molar-refractivity contribution < 1.29 is 8.81 Å². The van der Waals surface area contributed by atoms with Gasteiger partial charge in [0.1, 0.15) is 11.6 Å². The van der Waals surface area contributed by atoms with Crippen LogP contribution in [0.4, 0.5) is 4.39 Å². The highest BCUT2D eigenvalue weighted by Crippen LogP contribution is 2.30. The minimum absolute atomic E-state index is 0.215. The van der Waals surface area contributed by atoms with Gasteiger partial charge in [0.25, 0.3) is 0 Å². The maximum atomic E-state index is 13.1. The molecule has 1 aromatic carbocycles. The monoisotopic (exact) mass is 260 g/mol. The third-order valence-electron chi connectivity index (χ3n) is 3.64. The molecule has 1 saturated heterocycles. The van der Waals surface area contributed by atoms with Gasteiger partial charge < -0.3 is 4.42 Å². The SMILES string of the molecule is CN1CCC[C@H]1c1ncc(Cc2cccc(F)c2)o1. The van der Waals surface area contributed by atoms with Crippen LogP contribution in [0.15, 0.2) is 34.9 Å². The van der Waals surface area contributed by atoms with Gasteiger partial charge in [0, 0.05) is 6.42 Å². The van der Waals surface area contributed by atoms with Gasteiger partial charge in [-0.2, -0.15) is 0 Å². The van der Waals surface area contributed by atoms with Crippen LogP contribution in [0.5, 0.6) is 0 Å². The van der Waals surface area contributed by atoms with Gasteiger partial charge in [-0.25, -0.2) is 9.37 Å². The van der Waals surface area contributed by atoms with E-state index in [0.717, 1.165) is 30.2 Å². The van der Waals surface area contributed by atoms with E-state index < -0.39 is 0 Å². The lowest BCUT2D eigenvalue weighted by Gasteiger charge is -2.15. The minimum Gasteiger partial charge on any atom is -0.444 e. The second-order valence-electron chi connectivity index (χ2n) is 5.11. The molecule has 0 aliphatic carbocycles. The fourth-order valence-electron chi connectivity index (χ4n) is 2.63. The van der Waals surface area contributed by atoms with Crippen LogP contribution >= 0.6 is 0 Å². The third-order valence-corrected chi connectivity index (χ3v) is 3.64. The summed E-state index contributed by atoms with van der Waals surface area (Å²) < 4.78 is 18.9. The molecule has 0 N–H and O–H groups in total. The summed E-state index contributed by atoms with van der Waals surface area (Å²) in [5.74, 6) is 1.36. The smallest absolute Gasteiger partial charge is 0.211 e. The maximum Gasteiger partial charge on any atom is 0.211 e. The van der Waals surface area contributed by atoms with Crippen LogP contribution in [0.1, 0.15) is 36.1 Å². The summed E-state index contributed by atoms with van der Waals surface area (Å²) in [5.41, 5.74) is 0.905. The number of nitrogens with zero attached hydrogens (tertiary/aromatic N) is 2. The normalized spacial score (nSPS) is 20.0. The van der Waals surface area contributed by atoms with Gasteiger partial charge in [-0.15, -0.1) is 0 Å². The topological polar surface area (TPSA) is 29.3 Å². The van der Waals surface area contributed by atoms with E-state index in [1.807, 2.05) is 6.07 Å². The Bertz CT molecular complexity index is 567. The predicted molar refractivity (Wildman–Crippen MR) is 70.3 cm³/mol. The number of halogens is 1. The fraction of sp³-hybridized carbons (Fsp3) is 0.400. The van der Waals surface area contributed by atoms with E-state index in [0.29, 0.717) is 12.5 Å². The average molecular weight is 260 g/mol. The molecular formula is C15H17FN2O. The Morgan fingerprint density at radius 2 is 2.37 bits per heavy atom. The first-order valence-corrected chi connectivity index (χ1v) is 6.61. The third kappa shape index (κ3) is 2.68. The summed E-state index contributed by atoms with van der Waals surface area (Å²) in [7, 11) is 2.09. The molecule has 0 amide bonds. The highest BCUT2D eigenvalue weighted by atomic mass is 19.1. The molecule has 1 aliphatic heterocycles. The highest BCUT2D eigenvalue weighted by molar-refractivity contribution is 5.20. The Morgan fingerprint density at radius 3 is 3.11 bits per heavy atom. The molecule has 0 unspecified atom stereocenters. The van der Waals surface area contributed by atoms with Crippen LogP contribution in [0.2, 0.25) is 0 Å². The Balaban J connectivity index is 1.74. The molecule has 0 spiro atoms. The van der Waals surface area contributed by atoms with Crippen molar-refractivity contribution in [3.8, 4) is 0 Å². The van der Waals surface area contributed by atoms with Gasteiger partial charge in [0.2, 0.25) is 5.89 Å². The van der Waals surface area contributed by atoms with Crippen molar-refractivity contribution in [3.05, 3.63) is 53.5 Å². The molecule has 100 valence electrons. The van der Waals surface area contributed by atoms with Gasteiger partial charge >= 0.3 is 0 Å². The van der Waals surface area contributed by atoms with E-state index in [1.165, 1.54) is 18.6 Å². The molecule has 1 atom stereocenters. The van der Waals surface area contributed by atoms with Crippen LogP contribution in [0, 0.1) is 5.82 Å². The Morgan fingerprint density at radius 1 is 1.47 bits per heavy atom. The van der Waals surface area contributed by atoms with E-state index in [2.05, 4.69) is 16.9 Å². The van der Waals surface area contributed by atoms with Crippen LogP contribution in [0.3, 0.4) is 0 Å². The van der Waals surface area contributed by atoms with Crippen molar-refractivity contribution in [1.29, 1.82) is 0 Å². The molecule has 1 aromatic heterocycles. The molecule has 3 nitrogen and oxygen atoms in total. The first-order valence-electron chi connectivity index (χ1n) is 6.61. The summed E-state index contributed by atoms with van der Waals surface area (Å²) in [6.45, 7) is 1.09. The molecule has 2 heterocycles.